The summed E-state index contributed by atoms with van der Waals surface area (Å²) in [5.41, 5.74) is 7.57. The molecule has 2 rings (SSSR count). The summed E-state index contributed by atoms with van der Waals surface area (Å²) < 4.78 is 13.4. The maximum atomic E-state index is 13.0. The van der Waals surface area contributed by atoms with Crippen LogP contribution in [0.4, 0.5) is 15.8 Å². The summed E-state index contributed by atoms with van der Waals surface area (Å²) in [7, 11) is 0. The first-order chi connectivity index (χ1) is 9.52. The average Bonchev–Trinajstić information content (AvgIpc) is 2.75. The molecular weight excluding hydrogens is 327 g/mol. The summed E-state index contributed by atoms with van der Waals surface area (Å²) in [5.74, 6) is -0.826. The molecule has 0 bridgehead atoms. The van der Waals surface area contributed by atoms with E-state index in [1.54, 1.807) is 0 Å². The van der Waals surface area contributed by atoms with Crippen molar-refractivity contribution in [1.29, 1.82) is 0 Å². The lowest BCUT2D eigenvalue weighted by molar-refractivity contribution is 0.102. The third-order valence-electron chi connectivity index (χ3n) is 2.78. The summed E-state index contributed by atoms with van der Waals surface area (Å²) in [6.45, 7) is 2.01. The highest BCUT2D eigenvalue weighted by atomic mass is 79.9. The molecule has 0 aliphatic rings. The van der Waals surface area contributed by atoms with Gasteiger partial charge in [-0.05, 0) is 40.5 Å². The molecule has 1 aromatic carbocycles. The van der Waals surface area contributed by atoms with E-state index in [9.17, 15) is 9.18 Å². The highest BCUT2D eigenvalue weighted by molar-refractivity contribution is 9.10. The quantitative estimate of drug-likeness (QED) is 0.799. The van der Waals surface area contributed by atoms with Crippen molar-refractivity contribution in [1.82, 2.24) is 10.2 Å². The number of aromatic amines is 1. The minimum absolute atomic E-state index is 0.143. The van der Waals surface area contributed by atoms with Gasteiger partial charge in [0.25, 0.3) is 5.91 Å². The second-order valence-corrected chi connectivity index (χ2v) is 5.15. The van der Waals surface area contributed by atoms with Crippen LogP contribution in [-0.2, 0) is 6.42 Å². The van der Waals surface area contributed by atoms with Crippen molar-refractivity contribution in [3.05, 3.63) is 39.9 Å². The molecule has 0 saturated carbocycles. The first-order valence-corrected chi connectivity index (χ1v) is 6.91. The maximum absolute atomic E-state index is 13.0. The number of carbonyl (C=O) groups excluding carboxylic acids is 1. The van der Waals surface area contributed by atoms with Crippen LogP contribution in [0.25, 0.3) is 0 Å². The van der Waals surface area contributed by atoms with Crippen LogP contribution < -0.4 is 11.1 Å². The van der Waals surface area contributed by atoms with E-state index in [1.807, 2.05) is 6.92 Å². The molecular formula is C13H14BrFN4O. The van der Waals surface area contributed by atoms with Crippen LogP contribution in [0.15, 0.2) is 22.7 Å². The molecule has 5 nitrogen and oxygen atoms in total. The Kier molecular flexibility index (Phi) is 4.39. The largest absolute Gasteiger partial charge is 0.395 e. The third kappa shape index (κ3) is 2.98. The van der Waals surface area contributed by atoms with Crippen molar-refractivity contribution in [2.45, 2.75) is 19.8 Å². The van der Waals surface area contributed by atoms with Crippen LogP contribution in [0, 0.1) is 5.82 Å². The number of nitrogens with zero attached hydrogens (tertiary/aromatic N) is 1. The fourth-order valence-electron chi connectivity index (χ4n) is 1.77. The minimum Gasteiger partial charge on any atom is -0.395 e. The van der Waals surface area contributed by atoms with Crippen molar-refractivity contribution < 1.29 is 9.18 Å². The molecule has 0 atom stereocenters. The van der Waals surface area contributed by atoms with Crippen molar-refractivity contribution in [3.63, 3.8) is 0 Å². The molecule has 0 fully saturated rings. The van der Waals surface area contributed by atoms with Crippen molar-refractivity contribution in [2.75, 3.05) is 11.1 Å². The number of benzene rings is 1. The van der Waals surface area contributed by atoms with Gasteiger partial charge in [-0.15, -0.1) is 0 Å². The molecule has 0 saturated heterocycles. The zero-order chi connectivity index (χ0) is 14.7. The molecule has 106 valence electrons. The number of hydrogen-bond acceptors (Lipinski definition) is 3. The molecule has 2 aromatic rings. The molecule has 7 heteroatoms. The molecule has 1 amide bonds. The summed E-state index contributed by atoms with van der Waals surface area (Å²) in [6, 6.07) is 4.00. The Morgan fingerprint density at radius 2 is 2.30 bits per heavy atom. The number of nitrogens with one attached hydrogen (secondary N) is 2. The van der Waals surface area contributed by atoms with Crippen molar-refractivity contribution in [3.8, 4) is 0 Å². The van der Waals surface area contributed by atoms with E-state index in [4.69, 9.17) is 5.73 Å². The Balaban J connectivity index is 2.20. The lowest BCUT2D eigenvalue weighted by Gasteiger charge is -2.06. The number of anilines is 2. The molecule has 0 aliphatic heterocycles. The molecule has 1 aromatic heterocycles. The smallest absolute Gasteiger partial charge is 0.278 e. The number of nitrogen functional groups attached to an aromatic ring is 1. The van der Waals surface area contributed by atoms with Crippen LogP contribution in [0.2, 0.25) is 0 Å². The Morgan fingerprint density at radius 1 is 1.55 bits per heavy atom. The topological polar surface area (TPSA) is 83.8 Å². The second-order valence-electron chi connectivity index (χ2n) is 4.29. The summed E-state index contributed by atoms with van der Waals surface area (Å²) in [5, 5.41) is 9.32. The van der Waals surface area contributed by atoms with Gasteiger partial charge >= 0.3 is 0 Å². The number of carbonyl (C=O) groups is 1. The Bertz CT molecular complexity index is 641. The predicted molar refractivity (Wildman–Crippen MR) is 79.0 cm³/mol. The van der Waals surface area contributed by atoms with Gasteiger partial charge in [0, 0.05) is 4.47 Å². The number of nitrogens with two attached hydrogens (primary N) is 1. The number of halogens is 2. The molecule has 1 heterocycles. The van der Waals surface area contributed by atoms with Gasteiger partial charge < -0.3 is 11.1 Å². The maximum Gasteiger partial charge on any atom is 0.278 e. The summed E-state index contributed by atoms with van der Waals surface area (Å²) in [6.07, 6.45) is 1.63. The predicted octanol–water partition coefficient (Wildman–Crippen LogP) is 3.10. The van der Waals surface area contributed by atoms with Gasteiger partial charge in [-0.3, -0.25) is 9.89 Å². The zero-order valence-corrected chi connectivity index (χ0v) is 12.4. The Morgan fingerprint density at radius 3 is 2.95 bits per heavy atom. The number of hydrogen-bond donors (Lipinski definition) is 3. The number of H-pyrrole nitrogens is 1. The molecule has 0 spiro atoms. The fraction of sp³-hybridized carbons (Fsp3) is 0.231. The van der Waals surface area contributed by atoms with Gasteiger partial charge in [0.2, 0.25) is 0 Å². The SMILES string of the molecule is CCCc1[nH]nc(C(=O)Nc2ccc(F)cc2Br)c1N. The van der Waals surface area contributed by atoms with E-state index < -0.39 is 5.91 Å². The Hall–Kier alpha value is -1.89. The molecule has 0 unspecified atom stereocenters. The fourth-order valence-corrected chi connectivity index (χ4v) is 2.22. The molecule has 20 heavy (non-hydrogen) atoms. The molecule has 4 N–H and O–H groups in total. The second kappa shape index (κ2) is 6.04. The van der Waals surface area contributed by atoms with E-state index in [0.717, 1.165) is 18.5 Å². The number of aryl methyl sites for hydroxylation is 1. The first kappa shape index (κ1) is 14.5. The van der Waals surface area contributed by atoms with Crippen LogP contribution in [0.3, 0.4) is 0 Å². The van der Waals surface area contributed by atoms with Gasteiger partial charge in [-0.1, -0.05) is 13.3 Å². The van der Waals surface area contributed by atoms with Crippen LogP contribution in [0.1, 0.15) is 29.5 Å². The monoisotopic (exact) mass is 340 g/mol. The number of aromatic nitrogens is 2. The van der Waals surface area contributed by atoms with E-state index in [1.165, 1.54) is 18.2 Å². The first-order valence-electron chi connectivity index (χ1n) is 6.12. The van der Waals surface area contributed by atoms with Crippen LogP contribution in [0.5, 0.6) is 0 Å². The van der Waals surface area contributed by atoms with Crippen LogP contribution >= 0.6 is 15.9 Å². The van der Waals surface area contributed by atoms with E-state index in [2.05, 4.69) is 31.4 Å². The Labute approximate surface area is 123 Å². The minimum atomic E-state index is -0.437. The van der Waals surface area contributed by atoms with Gasteiger partial charge in [0.15, 0.2) is 5.69 Å². The average molecular weight is 341 g/mol. The van der Waals surface area contributed by atoms with Gasteiger partial charge in [0.05, 0.1) is 17.1 Å². The highest BCUT2D eigenvalue weighted by Gasteiger charge is 2.17. The van der Waals surface area contributed by atoms with E-state index >= 15 is 0 Å². The highest BCUT2D eigenvalue weighted by Crippen LogP contribution is 2.24. The van der Waals surface area contributed by atoms with Gasteiger partial charge in [-0.25, -0.2) is 4.39 Å². The van der Waals surface area contributed by atoms with Crippen molar-refractivity contribution in [2.24, 2.45) is 0 Å². The lowest BCUT2D eigenvalue weighted by atomic mass is 10.2. The number of amides is 1. The zero-order valence-electron chi connectivity index (χ0n) is 10.8. The van der Waals surface area contributed by atoms with Gasteiger partial charge in [-0.2, -0.15) is 5.10 Å². The van der Waals surface area contributed by atoms with Gasteiger partial charge in [0.1, 0.15) is 5.82 Å². The third-order valence-corrected chi connectivity index (χ3v) is 3.43. The van der Waals surface area contributed by atoms with Crippen molar-refractivity contribution >= 4 is 33.2 Å². The lowest BCUT2D eigenvalue weighted by Crippen LogP contribution is -2.14. The normalized spacial score (nSPS) is 10.6. The summed E-state index contributed by atoms with van der Waals surface area (Å²) >= 11 is 3.18. The number of rotatable bonds is 4. The van der Waals surface area contributed by atoms with E-state index in [-0.39, 0.29) is 11.5 Å². The van der Waals surface area contributed by atoms with E-state index in [0.29, 0.717) is 15.8 Å². The molecule has 0 aliphatic carbocycles. The van der Waals surface area contributed by atoms with Crippen LogP contribution in [-0.4, -0.2) is 16.1 Å². The summed E-state index contributed by atoms with van der Waals surface area (Å²) in [4.78, 5) is 12.1. The molecule has 0 radical (unpaired) electrons. The standard InChI is InChI=1S/C13H14BrFN4O/c1-2-3-10-11(16)12(19-18-10)13(20)17-9-5-4-7(15)6-8(9)14/h4-6H,2-3,16H2,1H3,(H,17,20)(H,18,19).